The molecule has 1 aromatic heterocycles. The van der Waals surface area contributed by atoms with Crippen LogP contribution in [0.3, 0.4) is 0 Å². The third-order valence-corrected chi connectivity index (χ3v) is 3.36. The van der Waals surface area contributed by atoms with Crippen LogP contribution in [0.2, 0.25) is 0 Å². The number of aryl methyl sites for hydroxylation is 1. The lowest BCUT2D eigenvalue weighted by molar-refractivity contribution is 0.251. The second-order valence-corrected chi connectivity index (χ2v) is 4.86. The van der Waals surface area contributed by atoms with Gasteiger partial charge in [-0.05, 0) is 33.6 Å². The molecule has 0 bridgehead atoms. The summed E-state index contributed by atoms with van der Waals surface area (Å²) >= 11 is 0. The minimum Gasteiger partial charge on any atom is -0.396 e. The first-order chi connectivity index (χ1) is 8.45. The van der Waals surface area contributed by atoms with Crippen molar-refractivity contribution in [3.8, 4) is 0 Å². The smallest absolute Gasteiger partial charge is 0.135 e. The Morgan fingerprint density at radius 3 is 2.33 bits per heavy atom. The molecule has 3 N–H and O–H groups in total. The van der Waals surface area contributed by atoms with E-state index in [0.717, 1.165) is 29.4 Å². The Hall–Kier alpha value is -1.36. The molecule has 1 heterocycles. The van der Waals surface area contributed by atoms with Crippen molar-refractivity contribution < 1.29 is 5.11 Å². The van der Waals surface area contributed by atoms with Crippen molar-refractivity contribution in [2.45, 2.75) is 46.1 Å². The van der Waals surface area contributed by atoms with Gasteiger partial charge < -0.3 is 15.7 Å². The molecule has 1 aromatic rings. The zero-order chi connectivity index (χ0) is 13.8. The normalized spacial score (nSPS) is 14.1. The van der Waals surface area contributed by atoms with E-state index in [2.05, 4.69) is 34.4 Å². The molecule has 0 aliphatic heterocycles. The molecule has 0 aliphatic rings. The number of nitrogens with one attached hydrogen (secondary N) is 2. The molecule has 0 spiro atoms. The van der Waals surface area contributed by atoms with Crippen LogP contribution in [0, 0.1) is 13.8 Å². The van der Waals surface area contributed by atoms with Crippen LogP contribution in [0.15, 0.2) is 0 Å². The summed E-state index contributed by atoms with van der Waals surface area (Å²) in [7, 11) is 1.85. The van der Waals surface area contributed by atoms with Crippen molar-refractivity contribution in [2.75, 3.05) is 24.3 Å². The van der Waals surface area contributed by atoms with Crippen molar-refractivity contribution in [3.05, 3.63) is 11.4 Å². The molecule has 102 valence electrons. The summed E-state index contributed by atoms with van der Waals surface area (Å²) < 4.78 is 0. The Morgan fingerprint density at radius 2 is 1.83 bits per heavy atom. The van der Waals surface area contributed by atoms with Gasteiger partial charge in [0.1, 0.15) is 17.5 Å². The van der Waals surface area contributed by atoms with E-state index < -0.39 is 0 Å². The SMILES string of the molecule is CCC(C)(CCO)Nc1nc(C)nc(NC)c1C. The van der Waals surface area contributed by atoms with E-state index >= 15 is 0 Å². The number of nitrogens with zero attached hydrogens (tertiary/aromatic N) is 2. The molecule has 1 atom stereocenters. The van der Waals surface area contributed by atoms with Gasteiger partial charge in [-0.15, -0.1) is 0 Å². The average Bonchev–Trinajstić information content (AvgIpc) is 2.33. The van der Waals surface area contributed by atoms with E-state index in [9.17, 15) is 0 Å². The quantitative estimate of drug-likeness (QED) is 0.723. The summed E-state index contributed by atoms with van der Waals surface area (Å²) in [6.45, 7) is 8.23. The topological polar surface area (TPSA) is 70.1 Å². The zero-order valence-corrected chi connectivity index (χ0v) is 12.0. The molecule has 0 amide bonds. The van der Waals surface area contributed by atoms with Crippen LogP contribution >= 0.6 is 0 Å². The van der Waals surface area contributed by atoms with Crippen molar-refractivity contribution >= 4 is 11.6 Å². The molecule has 0 saturated carbocycles. The van der Waals surface area contributed by atoms with Crippen LogP contribution in [0.5, 0.6) is 0 Å². The molecule has 0 aliphatic carbocycles. The van der Waals surface area contributed by atoms with Gasteiger partial charge >= 0.3 is 0 Å². The van der Waals surface area contributed by atoms with Crippen molar-refractivity contribution in [1.82, 2.24) is 9.97 Å². The van der Waals surface area contributed by atoms with Gasteiger partial charge in [0.25, 0.3) is 0 Å². The second kappa shape index (κ2) is 6.00. The van der Waals surface area contributed by atoms with Gasteiger partial charge in [0.15, 0.2) is 0 Å². The lowest BCUT2D eigenvalue weighted by Gasteiger charge is -2.30. The van der Waals surface area contributed by atoms with Crippen LogP contribution in [0.25, 0.3) is 0 Å². The van der Waals surface area contributed by atoms with Gasteiger partial charge in [0.2, 0.25) is 0 Å². The van der Waals surface area contributed by atoms with E-state index in [-0.39, 0.29) is 12.1 Å². The summed E-state index contributed by atoms with van der Waals surface area (Å²) in [5, 5.41) is 15.7. The van der Waals surface area contributed by atoms with Gasteiger partial charge in [0.05, 0.1) is 0 Å². The van der Waals surface area contributed by atoms with Crippen molar-refractivity contribution in [2.24, 2.45) is 0 Å². The Labute approximate surface area is 109 Å². The van der Waals surface area contributed by atoms with Gasteiger partial charge in [-0.1, -0.05) is 6.92 Å². The van der Waals surface area contributed by atoms with Crippen LogP contribution in [-0.4, -0.2) is 34.3 Å². The maximum atomic E-state index is 9.15. The highest BCUT2D eigenvalue weighted by Crippen LogP contribution is 2.25. The van der Waals surface area contributed by atoms with Gasteiger partial charge in [-0.2, -0.15) is 0 Å². The second-order valence-electron chi connectivity index (χ2n) is 4.86. The monoisotopic (exact) mass is 252 g/mol. The Morgan fingerprint density at radius 1 is 1.22 bits per heavy atom. The first-order valence-electron chi connectivity index (χ1n) is 6.37. The molecule has 5 heteroatoms. The molecular weight excluding hydrogens is 228 g/mol. The van der Waals surface area contributed by atoms with E-state index in [4.69, 9.17) is 5.11 Å². The number of aliphatic hydroxyl groups is 1. The van der Waals surface area contributed by atoms with Crippen LogP contribution in [0.4, 0.5) is 11.6 Å². The number of anilines is 2. The number of hydrogen-bond donors (Lipinski definition) is 3. The minimum atomic E-state index is -0.148. The summed E-state index contributed by atoms with van der Waals surface area (Å²) in [6.07, 6.45) is 1.62. The predicted molar refractivity (Wildman–Crippen MR) is 75.1 cm³/mol. The fraction of sp³-hybridized carbons (Fsp3) is 0.692. The van der Waals surface area contributed by atoms with Crippen molar-refractivity contribution in [1.29, 1.82) is 0 Å². The molecule has 0 radical (unpaired) electrons. The van der Waals surface area contributed by atoms with Gasteiger partial charge in [-0.25, -0.2) is 9.97 Å². The summed E-state index contributed by atoms with van der Waals surface area (Å²) in [5.74, 6) is 2.41. The molecule has 5 nitrogen and oxygen atoms in total. The largest absolute Gasteiger partial charge is 0.396 e. The highest BCUT2D eigenvalue weighted by molar-refractivity contribution is 5.57. The van der Waals surface area contributed by atoms with Crippen LogP contribution in [-0.2, 0) is 0 Å². The lowest BCUT2D eigenvalue weighted by Crippen LogP contribution is -2.36. The van der Waals surface area contributed by atoms with Crippen molar-refractivity contribution in [3.63, 3.8) is 0 Å². The fourth-order valence-electron chi connectivity index (χ4n) is 1.85. The van der Waals surface area contributed by atoms with Gasteiger partial charge in [0, 0.05) is 24.8 Å². The molecule has 18 heavy (non-hydrogen) atoms. The Balaban J connectivity index is 3.06. The summed E-state index contributed by atoms with van der Waals surface area (Å²) in [6, 6.07) is 0. The first kappa shape index (κ1) is 14.7. The Bertz CT molecular complexity index is 408. The first-order valence-corrected chi connectivity index (χ1v) is 6.37. The number of hydrogen-bond acceptors (Lipinski definition) is 5. The summed E-state index contributed by atoms with van der Waals surface area (Å²) in [4.78, 5) is 8.79. The molecule has 0 saturated heterocycles. The van der Waals surface area contributed by atoms with Crippen LogP contribution in [0.1, 0.15) is 38.1 Å². The predicted octanol–water partition coefficient (Wildman–Crippen LogP) is 2.10. The molecular formula is C13H24N4O. The molecule has 0 aromatic carbocycles. The third-order valence-electron chi connectivity index (χ3n) is 3.36. The van der Waals surface area contributed by atoms with E-state index in [0.29, 0.717) is 6.42 Å². The zero-order valence-electron chi connectivity index (χ0n) is 12.0. The minimum absolute atomic E-state index is 0.148. The third kappa shape index (κ3) is 3.32. The molecule has 1 rings (SSSR count). The molecule has 0 fully saturated rings. The number of aliphatic hydroxyl groups excluding tert-OH is 1. The van der Waals surface area contributed by atoms with Gasteiger partial charge in [-0.3, -0.25) is 0 Å². The van der Waals surface area contributed by atoms with Crippen LogP contribution < -0.4 is 10.6 Å². The summed E-state index contributed by atoms with van der Waals surface area (Å²) in [5.41, 5.74) is 0.853. The maximum absolute atomic E-state index is 9.15. The Kier molecular flexibility index (Phi) is 4.90. The number of aromatic nitrogens is 2. The fourth-order valence-corrected chi connectivity index (χ4v) is 1.85. The maximum Gasteiger partial charge on any atom is 0.135 e. The highest BCUT2D eigenvalue weighted by atomic mass is 16.3. The van der Waals surface area contributed by atoms with E-state index in [1.807, 2.05) is 20.9 Å². The average molecular weight is 252 g/mol. The highest BCUT2D eigenvalue weighted by Gasteiger charge is 2.23. The lowest BCUT2D eigenvalue weighted by atomic mass is 9.94. The standard InChI is InChI=1S/C13H24N4O/c1-6-13(4,7-8-18)17-12-9(2)11(14-5)15-10(3)16-12/h18H,6-8H2,1-5H3,(H2,14,15,16,17). The molecule has 1 unspecified atom stereocenters. The van der Waals surface area contributed by atoms with E-state index in [1.54, 1.807) is 0 Å². The number of rotatable bonds is 6. The van der Waals surface area contributed by atoms with E-state index in [1.165, 1.54) is 0 Å².